The second-order valence-electron chi connectivity index (χ2n) is 3.06. The van der Waals surface area contributed by atoms with Crippen LogP contribution in [0, 0.1) is 0 Å². The van der Waals surface area contributed by atoms with Gasteiger partial charge in [-0.25, -0.2) is 12.7 Å². The van der Waals surface area contributed by atoms with Crippen molar-refractivity contribution in [2.24, 2.45) is 0 Å². The number of hydrogen-bond donors (Lipinski definition) is 1. The SMILES string of the molecule is COCCN(C)S(=O)(=O)CCCCO. The smallest absolute Gasteiger partial charge is 0.213 e. The third-order valence-electron chi connectivity index (χ3n) is 1.90. The molecule has 0 rings (SSSR count). The molecule has 0 saturated carbocycles. The number of sulfonamides is 1. The Balaban J connectivity index is 3.91. The van der Waals surface area contributed by atoms with Gasteiger partial charge in [-0.05, 0) is 12.8 Å². The van der Waals surface area contributed by atoms with Crippen molar-refractivity contribution in [2.75, 3.05) is 39.7 Å². The van der Waals surface area contributed by atoms with Crippen LogP contribution in [0.5, 0.6) is 0 Å². The molecule has 0 aliphatic heterocycles. The fourth-order valence-electron chi connectivity index (χ4n) is 0.911. The molecule has 0 amide bonds. The van der Waals surface area contributed by atoms with Gasteiger partial charge in [-0.1, -0.05) is 0 Å². The lowest BCUT2D eigenvalue weighted by Crippen LogP contribution is -2.32. The molecule has 0 fully saturated rings. The third-order valence-corrected chi connectivity index (χ3v) is 3.83. The molecule has 14 heavy (non-hydrogen) atoms. The minimum Gasteiger partial charge on any atom is -0.396 e. The summed E-state index contributed by atoms with van der Waals surface area (Å²) in [5.41, 5.74) is 0. The van der Waals surface area contributed by atoms with Crippen LogP contribution in [0.3, 0.4) is 0 Å². The molecule has 0 radical (unpaired) electrons. The number of ether oxygens (including phenoxy) is 1. The highest BCUT2D eigenvalue weighted by atomic mass is 32.2. The van der Waals surface area contributed by atoms with Crippen LogP contribution in [0.1, 0.15) is 12.8 Å². The zero-order chi connectivity index (χ0) is 11.0. The first kappa shape index (κ1) is 13.8. The summed E-state index contributed by atoms with van der Waals surface area (Å²) in [5, 5.41) is 8.51. The van der Waals surface area contributed by atoms with Gasteiger partial charge >= 0.3 is 0 Å². The van der Waals surface area contributed by atoms with E-state index in [1.807, 2.05) is 0 Å². The van der Waals surface area contributed by atoms with Crippen LogP contribution in [0.2, 0.25) is 0 Å². The van der Waals surface area contributed by atoms with Gasteiger partial charge in [-0.15, -0.1) is 0 Å². The molecule has 0 aliphatic rings. The molecular formula is C8H19NO4S. The Morgan fingerprint density at radius 2 is 2.00 bits per heavy atom. The summed E-state index contributed by atoms with van der Waals surface area (Å²) in [4.78, 5) is 0. The van der Waals surface area contributed by atoms with Gasteiger partial charge < -0.3 is 9.84 Å². The first-order valence-electron chi connectivity index (χ1n) is 4.58. The van der Waals surface area contributed by atoms with Gasteiger partial charge in [-0.3, -0.25) is 0 Å². The lowest BCUT2D eigenvalue weighted by atomic mass is 10.4. The van der Waals surface area contributed by atoms with Crippen molar-refractivity contribution in [1.82, 2.24) is 4.31 Å². The molecule has 5 nitrogen and oxygen atoms in total. The first-order chi connectivity index (χ1) is 6.54. The maximum atomic E-state index is 11.5. The number of methoxy groups -OCH3 is 1. The minimum absolute atomic E-state index is 0.0390. The average Bonchev–Trinajstić information content (AvgIpc) is 2.14. The van der Waals surface area contributed by atoms with Crippen LogP contribution >= 0.6 is 0 Å². The number of rotatable bonds is 8. The van der Waals surface area contributed by atoms with Crippen LogP contribution in [0.25, 0.3) is 0 Å². The van der Waals surface area contributed by atoms with Gasteiger partial charge in [-0.2, -0.15) is 0 Å². The predicted octanol–water partition coefficient (Wildman–Crippen LogP) is -0.333. The summed E-state index contributed by atoms with van der Waals surface area (Å²) in [6, 6.07) is 0. The van der Waals surface area contributed by atoms with E-state index in [2.05, 4.69) is 0 Å². The van der Waals surface area contributed by atoms with Crippen LogP contribution in [-0.2, 0) is 14.8 Å². The fourth-order valence-corrected chi connectivity index (χ4v) is 2.14. The number of aliphatic hydroxyl groups excluding tert-OH is 1. The molecule has 6 heteroatoms. The van der Waals surface area contributed by atoms with E-state index in [0.29, 0.717) is 26.0 Å². The minimum atomic E-state index is -3.16. The van der Waals surface area contributed by atoms with Crippen molar-refractivity contribution in [3.63, 3.8) is 0 Å². The van der Waals surface area contributed by atoms with Crippen LogP contribution in [-0.4, -0.2) is 57.5 Å². The first-order valence-corrected chi connectivity index (χ1v) is 6.19. The quantitative estimate of drug-likeness (QED) is 0.574. The highest BCUT2D eigenvalue weighted by Gasteiger charge is 2.16. The molecule has 86 valence electrons. The second kappa shape index (κ2) is 7.17. The van der Waals surface area contributed by atoms with Crippen LogP contribution in [0.4, 0.5) is 0 Å². The van der Waals surface area contributed by atoms with E-state index in [4.69, 9.17) is 9.84 Å². The summed E-state index contributed by atoms with van der Waals surface area (Å²) in [6.45, 7) is 0.811. The second-order valence-corrected chi connectivity index (χ2v) is 5.26. The van der Waals surface area contributed by atoms with Crippen molar-refractivity contribution >= 4 is 10.0 Å². The normalized spacial score (nSPS) is 12.3. The average molecular weight is 225 g/mol. The summed E-state index contributed by atoms with van der Waals surface area (Å²) in [5.74, 6) is 0.0910. The molecule has 0 aromatic rings. The zero-order valence-electron chi connectivity index (χ0n) is 8.77. The Kier molecular flexibility index (Phi) is 7.08. The fraction of sp³-hybridized carbons (Fsp3) is 1.00. The maximum absolute atomic E-state index is 11.5. The summed E-state index contributed by atoms with van der Waals surface area (Å²) >= 11 is 0. The zero-order valence-corrected chi connectivity index (χ0v) is 9.59. The topological polar surface area (TPSA) is 66.8 Å². The van der Waals surface area contributed by atoms with Crippen molar-refractivity contribution in [3.8, 4) is 0 Å². The van der Waals surface area contributed by atoms with Crippen molar-refractivity contribution in [2.45, 2.75) is 12.8 Å². The lowest BCUT2D eigenvalue weighted by Gasteiger charge is -2.16. The van der Waals surface area contributed by atoms with E-state index >= 15 is 0 Å². The highest BCUT2D eigenvalue weighted by Crippen LogP contribution is 2.01. The lowest BCUT2D eigenvalue weighted by molar-refractivity contribution is 0.185. The van der Waals surface area contributed by atoms with E-state index in [1.54, 1.807) is 0 Å². The molecule has 0 saturated heterocycles. The van der Waals surface area contributed by atoms with Gasteiger partial charge in [0.15, 0.2) is 0 Å². The molecule has 0 aliphatic carbocycles. The number of aliphatic hydroxyl groups is 1. The third kappa shape index (κ3) is 5.54. The number of unbranched alkanes of at least 4 members (excludes halogenated alkanes) is 1. The summed E-state index contributed by atoms with van der Waals surface area (Å²) in [7, 11) is -0.0936. The number of likely N-dealkylation sites (N-methyl/N-ethyl adjacent to an activating group) is 1. The Morgan fingerprint density at radius 3 is 2.50 bits per heavy atom. The molecule has 0 unspecified atom stereocenters. The Bertz CT molecular complexity index is 227. The molecule has 0 atom stereocenters. The molecule has 0 aromatic carbocycles. The van der Waals surface area contributed by atoms with Crippen LogP contribution < -0.4 is 0 Å². The molecular weight excluding hydrogens is 206 g/mol. The van der Waals surface area contributed by atoms with E-state index < -0.39 is 10.0 Å². The van der Waals surface area contributed by atoms with E-state index in [1.165, 1.54) is 18.5 Å². The van der Waals surface area contributed by atoms with E-state index in [9.17, 15) is 8.42 Å². The van der Waals surface area contributed by atoms with Crippen molar-refractivity contribution in [1.29, 1.82) is 0 Å². The van der Waals surface area contributed by atoms with Gasteiger partial charge in [0, 0.05) is 27.3 Å². The predicted molar refractivity (Wildman–Crippen MR) is 54.6 cm³/mol. The largest absolute Gasteiger partial charge is 0.396 e. The molecule has 0 heterocycles. The van der Waals surface area contributed by atoms with Gasteiger partial charge in [0.2, 0.25) is 10.0 Å². The number of nitrogens with zero attached hydrogens (tertiary/aromatic N) is 1. The Morgan fingerprint density at radius 1 is 1.36 bits per heavy atom. The van der Waals surface area contributed by atoms with Gasteiger partial charge in [0.1, 0.15) is 0 Å². The number of hydrogen-bond acceptors (Lipinski definition) is 4. The monoisotopic (exact) mass is 225 g/mol. The van der Waals surface area contributed by atoms with Crippen molar-refractivity contribution in [3.05, 3.63) is 0 Å². The molecule has 1 N–H and O–H groups in total. The van der Waals surface area contributed by atoms with Gasteiger partial charge in [0.25, 0.3) is 0 Å². The Hall–Kier alpha value is -0.170. The molecule has 0 bridgehead atoms. The van der Waals surface area contributed by atoms with Crippen LogP contribution in [0.15, 0.2) is 0 Å². The highest BCUT2D eigenvalue weighted by molar-refractivity contribution is 7.89. The summed E-state index contributed by atoms with van der Waals surface area (Å²) < 4.78 is 29.1. The van der Waals surface area contributed by atoms with Crippen molar-refractivity contribution < 1.29 is 18.3 Å². The summed E-state index contributed by atoms with van der Waals surface area (Å²) in [6.07, 6.45) is 1.02. The van der Waals surface area contributed by atoms with E-state index in [0.717, 1.165) is 0 Å². The standard InChI is InChI=1S/C8H19NO4S/c1-9(5-7-13-2)14(11,12)8-4-3-6-10/h10H,3-8H2,1-2H3. The molecule has 0 aromatic heterocycles. The molecule has 0 spiro atoms. The Labute approximate surface area is 85.7 Å². The maximum Gasteiger partial charge on any atom is 0.213 e. The van der Waals surface area contributed by atoms with E-state index in [-0.39, 0.29) is 12.4 Å². The van der Waals surface area contributed by atoms with Gasteiger partial charge in [0.05, 0.1) is 12.4 Å².